The van der Waals surface area contributed by atoms with Crippen LogP contribution in [0.5, 0.6) is 0 Å². The van der Waals surface area contributed by atoms with Crippen LogP contribution in [0.4, 0.5) is 0 Å². The van der Waals surface area contributed by atoms with E-state index < -0.39 is 0 Å². The van der Waals surface area contributed by atoms with E-state index in [-0.39, 0.29) is 11.8 Å². The van der Waals surface area contributed by atoms with Gasteiger partial charge in [-0.3, -0.25) is 4.79 Å². The number of carbonyl (C=O) groups is 1. The molecule has 2 rings (SSSR count). The number of carbonyl (C=O) groups excluding carboxylic acids is 1. The number of hydrogen-bond donors (Lipinski definition) is 0. The Morgan fingerprint density at radius 2 is 1.95 bits per heavy atom. The van der Waals surface area contributed by atoms with Crippen molar-refractivity contribution in [3.63, 3.8) is 0 Å². The van der Waals surface area contributed by atoms with Crippen molar-refractivity contribution in [2.24, 2.45) is 5.92 Å². The van der Waals surface area contributed by atoms with Crippen LogP contribution in [0.15, 0.2) is 6.20 Å². The summed E-state index contributed by atoms with van der Waals surface area (Å²) in [5.74, 6) is 1.51. The molecule has 0 bridgehead atoms. The van der Waals surface area contributed by atoms with Gasteiger partial charge in [0.2, 0.25) is 0 Å². The summed E-state index contributed by atoms with van der Waals surface area (Å²) in [6.45, 7) is 6.28. The van der Waals surface area contributed by atoms with Crippen LogP contribution >= 0.6 is 11.6 Å². The summed E-state index contributed by atoms with van der Waals surface area (Å²) in [5, 5.41) is 0.334. The zero-order chi connectivity index (χ0) is 15.6. The van der Waals surface area contributed by atoms with Crippen molar-refractivity contribution in [2.75, 3.05) is 7.05 Å². The van der Waals surface area contributed by atoms with E-state index in [2.05, 4.69) is 16.9 Å². The van der Waals surface area contributed by atoms with E-state index in [0.717, 1.165) is 18.8 Å². The fourth-order valence-corrected chi connectivity index (χ4v) is 2.94. The minimum atomic E-state index is -0.0937. The fourth-order valence-electron chi connectivity index (χ4n) is 2.77. The molecule has 4 nitrogen and oxygen atoms in total. The molecule has 0 atom stereocenters. The summed E-state index contributed by atoms with van der Waals surface area (Å²) >= 11 is 6.13. The zero-order valence-corrected chi connectivity index (χ0v) is 14.0. The molecular weight excluding hydrogens is 286 g/mol. The van der Waals surface area contributed by atoms with Crippen LogP contribution in [0.2, 0.25) is 5.02 Å². The third kappa shape index (κ3) is 3.73. The van der Waals surface area contributed by atoms with Gasteiger partial charge in [-0.15, -0.1) is 0 Å². The molecule has 1 aliphatic carbocycles. The van der Waals surface area contributed by atoms with E-state index in [1.54, 1.807) is 0 Å². The Hall–Kier alpha value is -1.16. The van der Waals surface area contributed by atoms with Crippen LogP contribution < -0.4 is 0 Å². The molecule has 5 heteroatoms. The number of amides is 1. The normalized spacial score (nSPS) is 22.4. The smallest absolute Gasteiger partial charge is 0.274 e. The molecule has 0 aliphatic heterocycles. The van der Waals surface area contributed by atoms with Crippen LogP contribution in [0, 0.1) is 5.92 Å². The van der Waals surface area contributed by atoms with Crippen molar-refractivity contribution in [2.45, 2.75) is 58.4 Å². The van der Waals surface area contributed by atoms with E-state index in [4.69, 9.17) is 11.6 Å². The highest BCUT2D eigenvalue weighted by molar-refractivity contribution is 6.33. The summed E-state index contributed by atoms with van der Waals surface area (Å²) in [5.41, 5.74) is 0.330. The fraction of sp³-hybridized carbons (Fsp3) is 0.688. The van der Waals surface area contributed by atoms with E-state index in [9.17, 15) is 4.79 Å². The van der Waals surface area contributed by atoms with Crippen LogP contribution in [0.3, 0.4) is 0 Å². The first-order chi connectivity index (χ1) is 9.90. The Kier molecular flexibility index (Phi) is 5.20. The molecular formula is C16H24ClN3O. The molecule has 0 saturated heterocycles. The first-order valence-corrected chi connectivity index (χ1v) is 8.07. The number of halogens is 1. The molecule has 0 radical (unpaired) electrons. The maximum Gasteiger partial charge on any atom is 0.274 e. The average Bonchev–Trinajstić information content (AvgIpc) is 2.47. The van der Waals surface area contributed by atoms with Gasteiger partial charge >= 0.3 is 0 Å². The maximum absolute atomic E-state index is 12.7. The Balaban J connectivity index is 2.17. The standard InChI is InChI=1S/C16H24ClN3O/c1-10(2)15-18-9-13(17)14(19-15)16(21)20(4)12-7-5-11(3)6-8-12/h9-12H,5-8H2,1-4H3. The van der Waals surface area contributed by atoms with Gasteiger partial charge in [-0.25, -0.2) is 9.97 Å². The third-order valence-corrected chi connectivity index (χ3v) is 4.61. The summed E-state index contributed by atoms with van der Waals surface area (Å²) in [7, 11) is 1.86. The summed E-state index contributed by atoms with van der Waals surface area (Å²) in [4.78, 5) is 23.0. The van der Waals surface area contributed by atoms with Gasteiger partial charge in [0.15, 0.2) is 5.69 Å². The second kappa shape index (κ2) is 6.73. The summed E-state index contributed by atoms with van der Waals surface area (Å²) in [6.07, 6.45) is 6.01. The van der Waals surface area contributed by atoms with Crippen molar-refractivity contribution < 1.29 is 4.79 Å². The SMILES string of the molecule is CC1CCC(N(C)C(=O)c2nc(C(C)C)ncc2Cl)CC1. The van der Waals surface area contributed by atoms with Crippen molar-refractivity contribution in [1.29, 1.82) is 0 Å². The van der Waals surface area contributed by atoms with E-state index in [0.29, 0.717) is 22.6 Å². The van der Waals surface area contributed by atoms with Crippen LogP contribution in [-0.2, 0) is 0 Å². The van der Waals surface area contributed by atoms with E-state index in [1.807, 2.05) is 25.8 Å². The Labute approximate surface area is 131 Å². The average molecular weight is 310 g/mol. The Bertz CT molecular complexity index is 510. The van der Waals surface area contributed by atoms with Crippen molar-refractivity contribution >= 4 is 17.5 Å². The predicted octanol–water partition coefficient (Wildman–Crippen LogP) is 3.90. The zero-order valence-electron chi connectivity index (χ0n) is 13.3. The molecule has 1 heterocycles. The molecule has 0 aromatic carbocycles. The van der Waals surface area contributed by atoms with Gasteiger partial charge in [-0.2, -0.15) is 0 Å². The lowest BCUT2D eigenvalue weighted by molar-refractivity contribution is 0.0673. The lowest BCUT2D eigenvalue weighted by atomic mass is 9.86. The van der Waals surface area contributed by atoms with Crippen LogP contribution in [0.25, 0.3) is 0 Å². The number of rotatable bonds is 3. The number of aromatic nitrogens is 2. The molecule has 0 N–H and O–H groups in total. The maximum atomic E-state index is 12.7. The van der Waals surface area contributed by atoms with E-state index >= 15 is 0 Å². The van der Waals surface area contributed by atoms with Crippen molar-refractivity contribution in [3.05, 3.63) is 22.7 Å². The monoisotopic (exact) mass is 309 g/mol. The lowest BCUT2D eigenvalue weighted by Gasteiger charge is -2.33. The van der Waals surface area contributed by atoms with Gasteiger partial charge in [0.05, 0.1) is 11.2 Å². The molecule has 21 heavy (non-hydrogen) atoms. The number of hydrogen-bond acceptors (Lipinski definition) is 3. The van der Waals surface area contributed by atoms with Gasteiger partial charge in [0.25, 0.3) is 5.91 Å². The van der Waals surface area contributed by atoms with Crippen molar-refractivity contribution in [1.82, 2.24) is 14.9 Å². The van der Waals surface area contributed by atoms with E-state index in [1.165, 1.54) is 19.0 Å². The summed E-state index contributed by atoms with van der Waals surface area (Å²) < 4.78 is 0. The summed E-state index contributed by atoms with van der Waals surface area (Å²) in [6, 6.07) is 0.294. The van der Waals surface area contributed by atoms with Crippen molar-refractivity contribution in [3.8, 4) is 0 Å². The molecule has 1 amide bonds. The predicted molar refractivity (Wildman–Crippen MR) is 84.6 cm³/mol. The number of nitrogens with zero attached hydrogens (tertiary/aromatic N) is 3. The van der Waals surface area contributed by atoms with Gasteiger partial charge < -0.3 is 4.90 Å². The second-order valence-electron chi connectivity index (χ2n) is 6.41. The molecule has 1 fully saturated rings. The minimum Gasteiger partial charge on any atom is -0.337 e. The van der Waals surface area contributed by atoms with Gasteiger partial charge in [-0.05, 0) is 31.6 Å². The largest absolute Gasteiger partial charge is 0.337 e. The van der Waals surface area contributed by atoms with Gasteiger partial charge in [0, 0.05) is 19.0 Å². The molecule has 1 aliphatic rings. The van der Waals surface area contributed by atoms with Crippen LogP contribution in [-0.4, -0.2) is 33.9 Å². The first-order valence-electron chi connectivity index (χ1n) is 7.69. The Morgan fingerprint density at radius 3 is 2.52 bits per heavy atom. The highest BCUT2D eigenvalue weighted by atomic mass is 35.5. The molecule has 0 spiro atoms. The molecule has 1 saturated carbocycles. The second-order valence-corrected chi connectivity index (χ2v) is 6.82. The lowest BCUT2D eigenvalue weighted by Crippen LogP contribution is -2.39. The van der Waals surface area contributed by atoms with Crippen LogP contribution in [0.1, 0.15) is 68.7 Å². The molecule has 116 valence electrons. The first kappa shape index (κ1) is 16.2. The molecule has 0 unspecified atom stereocenters. The minimum absolute atomic E-state index is 0.0937. The van der Waals surface area contributed by atoms with Gasteiger partial charge in [-0.1, -0.05) is 32.4 Å². The van der Waals surface area contributed by atoms with Gasteiger partial charge in [0.1, 0.15) is 5.82 Å². The highest BCUT2D eigenvalue weighted by Gasteiger charge is 2.27. The quantitative estimate of drug-likeness (QED) is 0.850. The molecule has 1 aromatic rings. The highest BCUT2D eigenvalue weighted by Crippen LogP contribution is 2.28. The molecule has 1 aromatic heterocycles. The third-order valence-electron chi connectivity index (χ3n) is 4.34. The topological polar surface area (TPSA) is 46.1 Å². The Morgan fingerprint density at radius 1 is 1.33 bits per heavy atom.